The quantitative estimate of drug-likeness (QED) is 0.878. The van der Waals surface area contributed by atoms with E-state index in [-0.39, 0.29) is 24.3 Å². The molecule has 0 radical (unpaired) electrons. The first-order chi connectivity index (χ1) is 10.2. The van der Waals surface area contributed by atoms with Gasteiger partial charge in [-0.3, -0.25) is 4.79 Å². The van der Waals surface area contributed by atoms with Gasteiger partial charge in [-0.05, 0) is 24.3 Å². The van der Waals surface area contributed by atoms with Gasteiger partial charge < -0.3 is 10.0 Å². The van der Waals surface area contributed by atoms with Crippen LogP contribution in [0.1, 0.15) is 25.3 Å². The number of thioether (sulfide) groups is 1. The summed E-state index contributed by atoms with van der Waals surface area (Å²) in [4.78, 5) is 14.4. The molecule has 0 spiro atoms. The summed E-state index contributed by atoms with van der Waals surface area (Å²) in [5.41, 5.74) is 1.31. The van der Waals surface area contributed by atoms with Crippen molar-refractivity contribution in [1.29, 1.82) is 0 Å². The lowest BCUT2D eigenvalue weighted by atomic mass is 9.98. The van der Waals surface area contributed by atoms with Gasteiger partial charge in [0, 0.05) is 37.1 Å². The number of amides is 1. The van der Waals surface area contributed by atoms with E-state index in [0.29, 0.717) is 0 Å². The van der Waals surface area contributed by atoms with Gasteiger partial charge in [-0.15, -0.1) is 0 Å². The van der Waals surface area contributed by atoms with Crippen LogP contribution in [-0.2, 0) is 10.5 Å². The van der Waals surface area contributed by atoms with Crippen molar-refractivity contribution < 1.29 is 9.90 Å². The molecule has 4 heteroatoms. The third-order valence-corrected chi connectivity index (χ3v) is 5.26. The number of nitrogens with zero attached hydrogens (tertiary/aromatic N) is 1. The van der Waals surface area contributed by atoms with E-state index in [4.69, 9.17) is 0 Å². The van der Waals surface area contributed by atoms with E-state index in [1.165, 1.54) is 5.56 Å². The number of carbonyl (C=O) groups is 1. The highest BCUT2D eigenvalue weighted by molar-refractivity contribution is 7.98. The molecule has 1 N–H and O–H groups in total. The first-order valence-corrected chi connectivity index (χ1v) is 8.87. The van der Waals surface area contributed by atoms with Crippen LogP contribution >= 0.6 is 11.8 Å². The fourth-order valence-electron chi connectivity index (χ4n) is 2.73. The van der Waals surface area contributed by atoms with Crippen molar-refractivity contribution in [1.82, 2.24) is 4.90 Å². The number of hydrogen-bond donors (Lipinski definition) is 1. The minimum absolute atomic E-state index is 0.0520. The molecule has 0 aromatic heterocycles. The molecular weight excluding hydrogens is 282 g/mol. The van der Waals surface area contributed by atoms with Crippen molar-refractivity contribution in [2.45, 2.75) is 25.5 Å². The number of likely N-dealkylation sites (tertiary alicyclic amines) is 1. The largest absolute Gasteiger partial charge is 0.396 e. The Labute approximate surface area is 131 Å². The maximum atomic E-state index is 12.4. The van der Waals surface area contributed by atoms with Crippen molar-refractivity contribution in [3.05, 3.63) is 35.9 Å². The van der Waals surface area contributed by atoms with Crippen LogP contribution in [0.2, 0.25) is 0 Å². The zero-order chi connectivity index (χ0) is 15.1. The first-order valence-electron chi connectivity index (χ1n) is 7.72. The number of aliphatic hydroxyl groups is 1. The maximum Gasteiger partial charge on any atom is 0.226 e. The normalized spacial score (nSPS) is 20.3. The summed E-state index contributed by atoms with van der Waals surface area (Å²) in [6, 6.07) is 10.4. The fraction of sp³-hybridized carbons (Fsp3) is 0.588. The number of rotatable bonds is 6. The van der Waals surface area contributed by atoms with Crippen molar-refractivity contribution >= 4 is 17.7 Å². The number of piperidine rings is 1. The molecule has 1 aliphatic rings. The lowest BCUT2D eigenvalue weighted by Crippen LogP contribution is -2.43. The summed E-state index contributed by atoms with van der Waals surface area (Å²) < 4.78 is 0. The number of benzene rings is 1. The molecule has 21 heavy (non-hydrogen) atoms. The topological polar surface area (TPSA) is 40.5 Å². The van der Waals surface area contributed by atoms with Gasteiger partial charge >= 0.3 is 0 Å². The van der Waals surface area contributed by atoms with Crippen LogP contribution in [0.4, 0.5) is 0 Å². The standard InChI is InChI=1S/C17H25NO2S/c1-14(12-21-13-15-6-3-2-4-7-15)17(20)18-9-5-8-16(10-18)11-19/h2-4,6-7,14,16,19H,5,8-13H2,1H3. The van der Waals surface area contributed by atoms with Gasteiger partial charge in [-0.25, -0.2) is 0 Å². The molecule has 1 fully saturated rings. The Balaban J connectivity index is 1.74. The molecule has 116 valence electrons. The molecule has 2 atom stereocenters. The predicted octanol–water partition coefficient (Wildman–Crippen LogP) is 2.79. The van der Waals surface area contributed by atoms with Gasteiger partial charge in [-0.2, -0.15) is 11.8 Å². The molecule has 0 aliphatic carbocycles. The van der Waals surface area contributed by atoms with E-state index in [2.05, 4.69) is 12.1 Å². The molecule has 1 aromatic carbocycles. The zero-order valence-corrected chi connectivity index (χ0v) is 13.5. The minimum atomic E-state index is 0.0520. The Morgan fingerprint density at radius 2 is 2.19 bits per heavy atom. The highest BCUT2D eigenvalue weighted by atomic mass is 32.2. The molecule has 1 heterocycles. The average molecular weight is 307 g/mol. The summed E-state index contributed by atoms with van der Waals surface area (Å²) in [5, 5.41) is 9.25. The van der Waals surface area contributed by atoms with Crippen LogP contribution in [0.5, 0.6) is 0 Å². The third kappa shape index (κ3) is 5.04. The lowest BCUT2D eigenvalue weighted by molar-refractivity contribution is -0.136. The molecular formula is C17H25NO2S. The van der Waals surface area contributed by atoms with Crippen LogP contribution in [0.25, 0.3) is 0 Å². The van der Waals surface area contributed by atoms with Crippen molar-refractivity contribution in [2.24, 2.45) is 11.8 Å². The average Bonchev–Trinajstić information content (AvgIpc) is 2.55. The van der Waals surface area contributed by atoms with E-state index < -0.39 is 0 Å². The minimum Gasteiger partial charge on any atom is -0.396 e. The molecule has 0 bridgehead atoms. The van der Waals surface area contributed by atoms with E-state index >= 15 is 0 Å². The molecule has 2 rings (SSSR count). The fourth-order valence-corrected chi connectivity index (χ4v) is 3.77. The van der Waals surface area contributed by atoms with Gasteiger partial charge in [0.25, 0.3) is 0 Å². The lowest BCUT2D eigenvalue weighted by Gasteiger charge is -2.33. The second-order valence-electron chi connectivity index (χ2n) is 5.88. The van der Waals surface area contributed by atoms with Gasteiger partial charge in [-0.1, -0.05) is 37.3 Å². The Morgan fingerprint density at radius 3 is 2.90 bits per heavy atom. The Morgan fingerprint density at radius 1 is 1.43 bits per heavy atom. The maximum absolute atomic E-state index is 12.4. The molecule has 2 unspecified atom stereocenters. The van der Waals surface area contributed by atoms with E-state index in [9.17, 15) is 9.90 Å². The first kappa shape index (κ1) is 16.4. The van der Waals surface area contributed by atoms with E-state index in [1.807, 2.05) is 41.8 Å². The highest BCUT2D eigenvalue weighted by Gasteiger charge is 2.26. The Kier molecular flexibility index (Phi) is 6.58. The monoisotopic (exact) mass is 307 g/mol. The summed E-state index contributed by atoms with van der Waals surface area (Å²) in [6.07, 6.45) is 2.05. The third-order valence-electron chi connectivity index (χ3n) is 3.99. The predicted molar refractivity (Wildman–Crippen MR) is 88.2 cm³/mol. The van der Waals surface area contributed by atoms with E-state index in [1.54, 1.807) is 0 Å². The van der Waals surface area contributed by atoms with Crippen LogP contribution in [-0.4, -0.2) is 41.4 Å². The zero-order valence-electron chi connectivity index (χ0n) is 12.7. The molecule has 1 aromatic rings. The second kappa shape index (κ2) is 8.44. The molecule has 1 amide bonds. The van der Waals surface area contributed by atoms with Crippen LogP contribution < -0.4 is 0 Å². The SMILES string of the molecule is CC(CSCc1ccccc1)C(=O)N1CCCC(CO)C1. The van der Waals surface area contributed by atoms with Gasteiger partial charge in [0.05, 0.1) is 0 Å². The van der Waals surface area contributed by atoms with E-state index in [0.717, 1.165) is 37.4 Å². The van der Waals surface area contributed by atoms with Crippen LogP contribution in [0, 0.1) is 11.8 Å². The summed E-state index contributed by atoms with van der Waals surface area (Å²) in [5.74, 6) is 2.38. The summed E-state index contributed by atoms with van der Waals surface area (Å²) in [7, 11) is 0. The van der Waals surface area contributed by atoms with Crippen LogP contribution in [0.15, 0.2) is 30.3 Å². The molecule has 1 aliphatic heterocycles. The summed E-state index contributed by atoms with van der Waals surface area (Å²) >= 11 is 1.82. The smallest absolute Gasteiger partial charge is 0.226 e. The molecule has 0 saturated carbocycles. The van der Waals surface area contributed by atoms with Crippen molar-refractivity contribution in [2.75, 3.05) is 25.4 Å². The number of aliphatic hydroxyl groups excluding tert-OH is 1. The number of carbonyl (C=O) groups excluding carboxylic acids is 1. The van der Waals surface area contributed by atoms with Crippen molar-refractivity contribution in [3.63, 3.8) is 0 Å². The highest BCUT2D eigenvalue weighted by Crippen LogP contribution is 2.21. The Bertz CT molecular complexity index is 438. The molecule has 3 nitrogen and oxygen atoms in total. The second-order valence-corrected chi connectivity index (χ2v) is 6.91. The van der Waals surface area contributed by atoms with Gasteiger partial charge in [0.2, 0.25) is 5.91 Å². The van der Waals surface area contributed by atoms with Gasteiger partial charge in [0.15, 0.2) is 0 Å². The Hall–Kier alpha value is -1.00. The summed E-state index contributed by atoms with van der Waals surface area (Å²) in [6.45, 7) is 3.79. The van der Waals surface area contributed by atoms with Crippen LogP contribution in [0.3, 0.4) is 0 Å². The van der Waals surface area contributed by atoms with Gasteiger partial charge in [0.1, 0.15) is 0 Å². The molecule has 1 saturated heterocycles. The number of hydrogen-bond acceptors (Lipinski definition) is 3. The van der Waals surface area contributed by atoms with Crippen molar-refractivity contribution in [3.8, 4) is 0 Å².